The van der Waals surface area contributed by atoms with Crippen LogP contribution in [0.3, 0.4) is 0 Å². The van der Waals surface area contributed by atoms with Crippen LogP contribution >= 0.6 is 0 Å². The van der Waals surface area contributed by atoms with Crippen molar-refractivity contribution in [2.24, 2.45) is 5.92 Å². The smallest absolute Gasteiger partial charge is 0.0594 e. The van der Waals surface area contributed by atoms with Crippen molar-refractivity contribution >= 4 is 0 Å². The van der Waals surface area contributed by atoms with Gasteiger partial charge in [0, 0.05) is 18.6 Å². The van der Waals surface area contributed by atoms with Gasteiger partial charge in [-0.2, -0.15) is 0 Å². The van der Waals surface area contributed by atoms with Crippen LogP contribution in [-0.2, 0) is 4.74 Å². The molecule has 2 nitrogen and oxygen atoms in total. The van der Waals surface area contributed by atoms with Crippen LogP contribution in [0.25, 0.3) is 0 Å². The van der Waals surface area contributed by atoms with Crippen molar-refractivity contribution < 1.29 is 4.74 Å². The zero-order valence-electron chi connectivity index (χ0n) is 10.9. The Morgan fingerprint density at radius 2 is 2.12 bits per heavy atom. The fourth-order valence-corrected chi connectivity index (χ4v) is 2.66. The monoisotopic (exact) mass is 233 g/mol. The predicted molar refractivity (Wildman–Crippen MR) is 71.0 cm³/mol. The lowest BCUT2D eigenvalue weighted by atomic mass is 9.88. The summed E-state index contributed by atoms with van der Waals surface area (Å²) in [5.41, 5.74) is 1.39. The average molecular weight is 233 g/mol. The van der Waals surface area contributed by atoms with Gasteiger partial charge in [-0.3, -0.25) is 0 Å². The molecular weight excluding hydrogens is 210 g/mol. The van der Waals surface area contributed by atoms with E-state index in [1.165, 1.54) is 12.0 Å². The quantitative estimate of drug-likeness (QED) is 0.843. The summed E-state index contributed by atoms with van der Waals surface area (Å²) in [5, 5.41) is 3.68. The van der Waals surface area contributed by atoms with Crippen molar-refractivity contribution in [1.29, 1.82) is 0 Å². The molecule has 1 fully saturated rings. The van der Waals surface area contributed by atoms with Crippen molar-refractivity contribution in [2.75, 3.05) is 13.2 Å². The Morgan fingerprint density at radius 1 is 1.35 bits per heavy atom. The molecule has 1 aromatic rings. The third kappa shape index (κ3) is 3.08. The number of rotatable bonds is 5. The standard InChI is InChI=1S/C15H23NO/c1-3-10-16-15(13-7-5-4-6-8-13)14-9-11-17-12(14)2/h4-8,12,14-16H,3,9-11H2,1-2H3. The lowest BCUT2D eigenvalue weighted by molar-refractivity contribution is 0.0954. The molecule has 1 N–H and O–H groups in total. The number of benzene rings is 1. The molecule has 2 heteroatoms. The zero-order chi connectivity index (χ0) is 12.1. The second kappa shape index (κ2) is 6.18. The van der Waals surface area contributed by atoms with E-state index >= 15 is 0 Å². The highest BCUT2D eigenvalue weighted by Crippen LogP contribution is 2.33. The fraction of sp³-hybridized carbons (Fsp3) is 0.600. The van der Waals surface area contributed by atoms with Crippen molar-refractivity contribution in [1.82, 2.24) is 5.32 Å². The summed E-state index contributed by atoms with van der Waals surface area (Å²) in [6.07, 6.45) is 2.70. The Bertz CT molecular complexity index is 325. The molecule has 0 bridgehead atoms. The van der Waals surface area contributed by atoms with Crippen molar-refractivity contribution in [3.05, 3.63) is 35.9 Å². The van der Waals surface area contributed by atoms with Crippen LogP contribution in [0.4, 0.5) is 0 Å². The molecule has 0 aliphatic carbocycles. The first-order valence-electron chi connectivity index (χ1n) is 6.73. The second-order valence-electron chi connectivity index (χ2n) is 4.87. The van der Waals surface area contributed by atoms with Gasteiger partial charge in [-0.05, 0) is 31.9 Å². The molecule has 1 aliphatic rings. The third-order valence-corrected chi connectivity index (χ3v) is 3.64. The van der Waals surface area contributed by atoms with E-state index in [1.807, 2.05) is 0 Å². The predicted octanol–water partition coefficient (Wildman–Crippen LogP) is 3.15. The highest BCUT2D eigenvalue weighted by Gasteiger charge is 2.32. The van der Waals surface area contributed by atoms with Gasteiger partial charge < -0.3 is 10.1 Å². The summed E-state index contributed by atoms with van der Waals surface area (Å²) in [6, 6.07) is 11.2. The Morgan fingerprint density at radius 3 is 2.71 bits per heavy atom. The minimum atomic E-state index is 0.365. The molecule has 1 aromatic carbocycles. The lowest BCUT2D eigenvalue weighted by Gasteiger charge is -2.27. The molecule has 1 saturated heterocycles. The van der Waals surface area contributed by atoms with Crippen molar-refractivity contribution in [2.45, 2.75) is 38.8 Å². The molecule has 1 aliphatic heterocycles. The summed E-state index contributed by atoms with van der Waals surface area (Å²) in [4.78, 5) is 0. The first-order chi connectivity index (χ1) is 8.33. The van der Waals surface area contributed by atoms with E-state index in [2.05, 4.69) is 49.5 Å². The molecule has 3 unspecified atom stereocenters. The SMILES string of the molecule is CCCNC(c1ccccc1)C1CCOC1C. The number of ether oxygens (including phenoxy) is 1. The highest BCUT2D eigenvalue weighted by molar-refractivity contribution is 5.20. The Kier molecular flexibility index (Phi) is 4.57. The molecule has 0 radical (unpaired) electrons. The maximum atomic E-state index is 5.71. The molecular formula is C15H23NO. The first-order valence-corrected chi connectivity index (χ1v) is 6.73. The van der Waals surface area contributed by atoms with Crippen LogP contribution in [-0.4, -0.2) is 19.3 Å². The van der Waals surface area contributed by atoms with E-state index < -0.39 is 0 Å². The lowest BCUT2D eigenvalue weighted by Crippen LogP contribution is -2.32. The molecule has 0 amide bonds. The summed E-state index contributed by atoms with van der Waals surface area (Å²) >= 11 is 0. The second-order valence-corrected chi connectivity index (χ2v) is 4.87. The van der Waals surface area contributed by atoms with Gasteiger partial charge in [0.2, 0.25) is 0 Å². The van der Waals surface area contributed by atoms with Crippen LogP contribution in [0.2, 0.25) is 0 Å². The topological polar surface area (TPSA) is 21.3 Å². The summed E-state index contributed by atoms with van der Waals surface area (Å²) < 4.78 is 5.71. The molecule has 3 atom stereocenters. The van der Waals surface area contributed by atoms with Gasteiger partial charge in [-0.1, -0.05) is 37.3 Å². The Hall–Kier alpha value is -0.860. The molecule has 17 heavy (non-hydrogen) atoms. The van der Waals surface area contributed by atoms with E-state index in [-0.39, 0.29) is 0 Å². The highest BCUT2D eigenvalue weighted by atomic mass is 16.5. The molecule has 2 rings (SSSR count). The van der Waals surface area contributed by atoms with Gasteiger partial charge in [0.15, 0.2) is 0 Å². The first kappa shape index (κ1) is 12.6. The minimum Gasteiger partial charge on any atom is -0.378 e. The van der Waals surface area contributed by atoms with E-state index in [0.717, 1.165) is 19.6 Å². The summed E-state index contributed by atoms with van der Waals surface area (Å²) in [5.74, 6) is 0.601. The molecule has 94 valence electrons. The van der Waals surface area contributed by atoms with Gasteiger partial charge >= 0.3 is 0 Å². The maximum absolute atomic E-state index is 5.71. The van der Waals surface area contributed by atoms with Crippen molar-refractivity contribution in [3.8, 4) is 0 Å². The normalized spacial score (nSPS) is 26.0. The van der Waals surface area contributed by atoms with E-state index in [0.29, 0.717) is 18.1 Å². The van der Waals surface area contributed by atoms with Crippen LogP contribution < -0.4 is 5.32 Å². The number of hydrogen-bond acceptors (Lipinski definition) is 2. The van der Waals surface area contributed by atoms with Gasteiger partial charge in [-0.15, -0.1) is 0 Å². The van der Waals surface area contributed by atoms with E-state index in [9.17, 15) is 0 Å². The third-order valence-electron chi connectivity index (χ3n) is 3.64. The van der Waals surface area contributed by atoms with E-state index in [4.69, 9.17) is 4.74 Å². The van der Waals surface area contributed by atoms with Gasteiger partial charge in [0.1, 0.15) is 0 Å². The zero-order valence-corrected chi connectivity index (χ0v) is 10.9. The van der Waals surface area contributed by atoms with Crippen LogP contribution in [0, 0.1) is 5.92 Å². The van der Waals surface area contributed by atoms with Gasteiger partial charge in [0.25, 0.3) is 0 Å². The minimum absolute atomic E-state index is 0.365. The number of hydrogen-bond donors (Lipinski definition) is 1. The van der Waals surface area contributed by atoms with Crippen LogP contribution in [0.1, 0.15) is 38.3 Å². The molecule has 0 saturated carbocycles. The largest absolute Gasteiger partial charge is 0.378 e. The summed E-state index contributed by atoms with van der Waals surface area (Å²) in [7, 11) is 0. The maximum Gasteiger partial charge on any atom is 0.0594 e. The van der Waals surface area contributed by atoms with Gasteiger partial charge in [-0.25, -0.2) is 0 Å². The summed E-state index contributed by atoms with van der Waals surface area (Å²) in [6.45, 7) is 6.39. The molecule has 1 heterocycles. The Balaban J connectivity index is 2.13. The van der Waals surface area contributed by atoms with Crippen LogP contribution in [0.5, 0.6) is 0 Å². The van der Waals surface area contributed by atoms with E-state index in [1.54, 1.807) is 0 Å². The van der Waals surface area contributed by atoms with Gasteiger partial charge in [0.05, 0.1) is 6.10 Å². The average Bonchev–Trinajstić information content (AvgIpc) is 2.78. The number of nitrogens with one attached hydrogen (secondary N) is 1. The van der Waals surface area contributed by atoms with Crippen LogP contribution in [0.15, 0.2) is 30.3 Å². The van der Waals surface area contributed by atoms with Crippen molar-refractivity contribution in [3.63, 3.8) is 0 Å². The fourth-order valence-electron chi connectivity index (χ4n) is 2.66. The Labute approximate surface area is 104 Å². The molecule has 0 spiro atoms. The molecule has 0 aromatic heterocycles.